The summed E-state index contributed by atoms with van der Waals surface area (Å²) >= 11 is 6.15. The van der Waals surface area contributed by atoms with Gasteiger partial charge in [0.1, 0.15) is 11.6 Å². The molecule has 5 rings (SSSR count). The van der Waals surface area contributed by atoms with E-state index in [1.807, 2.05) is 18.2 Å². The molecule has 1 fully saturated rings. The summed E-state index contributed by atoms with van der Waals surface area (Å²) in [4.78, 5) is 9.83. The van der Waals surface area contributed by atoms with Crippen molar-refractivity contribution in [3.05, 3.63) is 82.7 Å². The summed E-state index contributed by atoms with van der Waals surface area (Å²) in [5.74, 6) is 2.38. The van der Waals surface area contributed by atoms with Gasteiger partial charge in [0.2, 0.25) is 0 Å². The largest absolute Gasteiger partial charge is 0.494 e. The number of fused-ring (bicyclic) bond motifs is 2. The molecule has 0 aromatic heterocycles. The molecule has 2 heterocycles. The number of hydrogen-bond donors (Lipinski definition) is 1. The van der Waals surface area contributed by atoms with Crippen molar-refractivity contribution in [2.75, 3.05) is 44.2 Å². The van der Waals surface area contributed by atoms with Gasteiger partial charge in [-0.2, -0.15) is 0 Å². The number of piperazine rings is 1. The lowest BCUT2D eigenvalue weighted by Gasteiger charge is -2.36. The lowest BCUT2D eigenvalue weighted by atomic mass is 10.1. The number of nitrogens with one attached hydrogen (secondary N) is 1. The van der Waals surface area contributed by atoms with E-state index in [2.05, 4.69) is 64.5 Å². The maximum absolute atomic E-state index is 6.15. The van der Waals surface area contributed by atoms with E-state index in [0.29, 0.717) is 5.92 Å². The van der Waals surface area contributed by atoms with Crippen LogP contribution in [0.2, 0.25) is 5.02 Å². The van der Waals surface area contributed by atoms with Crippen LogP contribution in [-0.4, -0.2) is 50.1 Å². The van der Waals surface area contributed by atoms with Gasteiger partial charge in [-0.1, -0.05) is 48.9 Å². The molecule has 2 aliphatic heterocycles. The highest BCUT2D eigenvalue weighted by atomic mass is 35.5. The Morgan fingerprint density at radius 2 is 1.91 bits per heavy atom. The van der Waals surface area contributed by atoms with Gasteiger partial charge in [-0.3, -0.25) is 4.90 Å². The van der Waals surface area contributed by atoms with Crippen LogP contribution in [0.1, 0.15) is 38.2 Å². The first-order valence-electron chi connectivity index (χ1n) is 12.8. The molecule has 1 saturated heterocycles. The molecule has 5 nitrogen and oxygen atoms in total. The molecule has 0 spiro atoms. The average molecular weight is 491 g/mol. The van der Waals surface area contributed by atoms with Crippen molar-refractivity contribution in [2.45, 2.75) is 32.6 Å². The molecule has 0 amide bonds. The van der Waals surface area contributed by atoms with Gasteiger partial charge in [-0.15, -0.1) is 0 Å². The number of halogens is 1. The molecule has 2 aromatic carbocycles. The Hall–Kier alpha value is -2.76. The summed E-state index contributed by atoms with van der Waals surface area (Å²) in [6.45, 7) is 8.40. The van der Waals surface area contributed by atoms with E-state index in [1.165, 1.54) is 11.4 Å². The van der Waals surface area contributed by atoms with Crippen LogP contribution >= 0.6 is 11.6 Å². The Morgan fingerprint density at radius 3 is 2.77 bits per heavy atom. The predicted octanol–water partition coefficient (Wildman–Crippen LogP) is 5.87. The number of anilines is 1. The second kappa shape index (κ2) is 11.3. The number of benzene rings is 2. The number of nitrogens with zero attached hydrogens (tertiary/aromatic N) is 3. The number of amidine groups is 1. The Balaban J connectivity index is 1.05. The normalized spacial score (nSPS) is 20.3. The second-order valence-corrected chi connectivity index (χ2v) is 10.2. The van der Waals surface area contributed by atoms with Crippen LogP contribution in [0.4, 0.5) is 5.69 Å². The van der Waals surface area contributed by atoms with Gasteiger partial charge >= 0.3 is 0 Å². The molecule has 2 bridgehead atoms. The zero-order valence-corrected chi connectivity index (χ0v) is 21.3. The van der Waals surface area contributed by atoms with E-state index in [-0.39, 0.29) is 0 Å². The highest BCUT2D eigenvalue weighted by Crippen LogP contribution is 2.26. The Kier molecular flexibility index (Phi) is 7.75. The fourth-order valence-corrected chi connectivity index (χ4v) is 5.14. The van der Waals surface area contributed by atoms with Gasteiger partial charge in [0, 0.05) is 60.3 Å². The van der Waals surface area contributed by atoms with Gasteiger partial charge in [-0.25, -0.2) is 4.99 Å². The minimum atomic E-state index is 0.547. The van der Waals surface area contributed by atoms with Crippen molar-refractivity contribution < 1.29 is 4.74 Å². The first kappa shape index (κ1) is 24.0. The van der Waals surface area contributed by atoms with Crippen molar-refractivity contribution in [2.24, 2.45) is 10.9 Å². The highest BCUT2D eigenvalue weighted by Gasteiger charge is 2.19. The third-order valence-electron chi connectivity index (χ3n) is 6.91. The third kappa shape index (κ3) is 6.47. The van der Waals surface area contributed by atoms with Crippen LogP contribution in [0.3, 0.4) is 0 Å². The van der Waals surface area contributed by atoms with Crippen molar-refractivity contribution in [3.8, 4) is 5.75 Å². The molecule has 3 aliphatic rings. The van der Waals surface area contributed by atoms with Crippen molar-refractivity contribution in [1.29, 1.82) is 0 Å². The van der Waals surface area contributed by atoms with E-state index in [4.69, 9.17) is 21.3 Å². The fourth-order valence-electron chi connectivity index (χ4n) is 4.95. The molecule has 2 aromatic rings. The number of unbranched alkanes of at least 4 members (excludes halogenated alkanes) is 1. The highest BCUT2D eigenvalue weighted by molar-refractivity contribution is 6.30. The SMILES string of the molecule is C[C@@H]1C=C2CC(=CC1)N=C(c1cccc(OCCCCN3CCN(c4cccc(Cl)c4)CC3)c1)N2. The van der Waals surface area contributed by atoms with Gasteiger partial charge in [0.05, 0.1) is 6.61 Å². The van der Waals surface area contributed by atoms with E-state index in [1.54, 1.807) is 0 Å². The van der Waals surface area contributed by atoms with E-state index >= 15 is 0 Å². The minimum Gasteiger partial charge on any atom is -0.494 e. The average Bonchev–Trinajstić information content (AvgIpc) is 3.00. The minimum absolute atomic E-state index is 0.547. The lowest BCUT2D eigenvalue weighted by molar-refractivity contribution is 0.238. The lowest BCUT2D eigenvalue weighted by Crippen LogP contribution is -2.46. The maximum Gasteiger partial charge on any atom is 0.137 e. The molecule has 6 heteroatoms. The molecule has 0 radical (unpaired) electrons. The van der Waals surface area contributed by atoms with Crippen LogP contribution in [0.5, 0.6) is 5.75 Å². The van der Waals surface area contributed by atoms with Crippen molar-refractivity contribution >= 4 is 23.1 Å². The third-order valence-corrected chi connectivity index (χ3v) is 7.14. The van der Waals surface area contributed by atoms with Gasteiger partial charge in [0.25, 0.3) is 0 Å². The summed E-state index contributed by atoms with van der Waals surface area (Å²) in [7, 11) is 0. The molecule has 1 atom stereocenters. The monoisotopic (exact) mass is 490 g/mol. The number of hydrogen-bond acceptors (Lipinski definition) is 5. The standard InChI is InChI=1S/C29H35ClN4O/c1-22-10-11-25-21-26(18-22)32-29(31-25)23-6-4-9-28(19-23)35-17-3-2-12-33-13-15-34(16-14-33)27-8-5-7-24(30)20-27/h4-9,11,18-20,22H,2-3,10,12-17,21H2,1H3,(H,31,32)/t22-/m0/s1. The summed E-state index contributed by atoms with van der Waals surface area (Å²) in [6, 6.07) is 16.5. The smallest absolute Gasteiger partial charge is 0.137 e. The van der Waals surface area contributed by atoms with E-state index in [0.717, 1.165) is 92.9 Å². The van der Waals surface area contributed by atoms with Gasteiger partial charge in [-0.05, 0) is 62.1 Å². The van der Waals surface area contributed by atoms with Crippen molar-refractivity contribution in [1.82, 2.24) is 10.2 Å². The molecule has 1 N–H and O–H groups in total. The molecule has 1 aliphatic carbocycles. The quantitative estimate of drug-likeness (QED) is 0.470. The second-order valence-electron chi connectivity index (χ2n) is 9.75. The molecule has 35 heavy (non-hydrogen) atoms. The Labute approximate surface area is 214 Å². The molecular formula is C29H35ClN4O. The number of rotatable bonds is 8. The molecular weight excluding hydrogens is 456 g/mol. The molecule has 0 saturated carbocycles. The van der Waals surface area contributed by atoms with Crippen LogP contribution in [-0.2, 0) is 0 Å². The van der Waals surface area contributed by atoms with E-state index < -0.39 is 0 Å². The zero-order valence-electron chi connectivity index (χ0n) is 20.5. The van der Waals surface area contributed by atoms with Crippen LogP contribution in [0.15, 0.2) is 77.1 Å². The maximum atomic E-state index is 6.15. The summed E-state index contributed by atoms with van der Waals surface area (Å²) in [5.41, 5.74) is 4.72. The zero-order chi connectivity index (χ0) is 24.0. The topological polar surface area (TPSA) is 40.1 Å². The number of allylic oxidation sites excluding steroid dienone is 2. The summed E-state index contributed by atoms with van der Waals surface area (Å²) in [5, 5.41) is 4.33. The number of aliphatic imine (C=N–C) groups is 1. The van der Waals surface area contributed by atoms with Gasteiger partial charge in [0.15, 0.2) is 0 Å². The van der Waals surface area contributed by atoms with E-state index in [9.17, 15) is 0 Å². The van der Waals surface area contributed by atoms with Gasteiger partial charge < -0.3 is 15.0 Å². The van der Waals surface area contributed by atoms with Crippen LogP contribution in [0.25, 0.3) is 0 Å². The Bertz CT molecular complexity index is 1120. The first-order valence-corrected chi connectivity index (χ1v) is 13.2. The van der Waals surface area contributed by atoms with Crippen LogP contribution in [0, 0.1) is 5.92 Å². The first-order chi connectivity index (χ1) is 17.1. The molecule has 0 unspecified atom stereocenters. The summed E-state index contributed by atoms with van der Waals surface area (Å²) in [6.07, 6.45) is 8.75. The Morgan fingerprint density at radius 1 is 1.06 bits per heavy atom. The predicted molar refractivity (Wildman–Crippen MR) is 146 cm³/mol. The summed E-state index contributed by atoms with van der Waals surface area (Å²) < 4.78 is 6.10. The van der Waals surface area contributed by atoms with Crippen molar-refractivity contribution in [3.63, 3.8) is 0 Å². The fraction of sp³-hybridized carbons (Fsp3) is 0.414. The number of ether oxygens (including phenoxy) is 1. The molecule has 184 valence electrons. The van der Waals surface area contributed by atoms with Crippen LogP contribution < -0.4 is 15.0 Å².